The minimum Gasteiger partial charge on any atom is -0.781 e. The maximum Gasteiger partial charge on any atom is 4.00 e. The largest absolute Gasteiger partial charge is 4.00 e. The second kappa shape index (κ2) is 38.7. The van der Waals surface area contributed by atoms with Crippen molar-refractivity contribution in [3.8, 4) is 0 Å². The molecule has 0 N–H and O–H groups in total. The summed E-state index contributed by atoms with van der Waals surface area (Å²) in [6.45, 7) is 0.950. The Morgan fingerprint density at radius 1 is 0.483 bits per heavy atom. The van der Waals surface area contributed by atoms with E-state index in [4.69, 9.17) is 0 Å². The third kappa shape index (κ3) is 72.1. The first-order chi connectivity index (χ1) is 13.1. The quantitative estimate of drug-likeness (QED) is 0.196. The number of rotatable bonds is 12. The van der Waals surface area contributed by atoms with Crippen LogP contribution in [-0.2, 0) is 62.6 Å². The standard InChI is InChI=1S/4C2H6BrO3P.Zr/c4*3-1-2-6-7(4)5;/h4*7H,1-2H2,(H,4,5);/q;;;;+4/p-4. The molecule has 12 nitrogen and oxygen atoms in total. The van der Waals surface area contributed by atoms with Crippen molar-refractivity contribution in [2.45, 2.75) is 0 Å². The van der Waals surface area contributed by atoms with Crippen LogP contribution in [0.3, 0.4) is 0 Å². The maximum absolute atomic E-state index is 9.59. The van der Waals surface area contributed by atoms with E-state index < -0.39 is 33.0 Å². The van der Waals surface area contributed by atoms with E-state index in [9.17, 15) is 37.8 Å². The summed E-state index contributed by atoms with van der Waals surface area (Å²) in [6.07, 6.45) is 0. The van der Waals surface area contributed by atoms with E-state index in [1.165, 1.54) is 0 Å². The summed E-state index contributed by atoms with van der Waals surface area (Å²) in [7, 11) is -11.7. The molecule has 4 atom stereocenters. The van der Waals surface area contributed by atoms with Crippen molar-refractivity contribution in [3.05, 3.63) is 0 Å². The fraction of sp³-hybridized carbons (Fsp3) is 1.00. The minimum absolute atomic E-state index is 0. The van der Waals surface area contributed by atoms with Gasteiger partial charge in [0.25, 0.3) is 0 Å². The molecule has 0 aliphatic carbocycles. The van der Waals surface area contributed by atoms with Gasteiger partial charge in [0.15, 0.2) is 0 Å². The van der Waals surface area contributed by atoms with Crippen LogP contribution in [0.25, 0.3) is 0 Å². The molecular weight excluding hydrogens is 823 g/mol. The van der Waals surface area contributed by atoms with Crippen LogP contribution in [-0.4, -0.2) is 47.7 Å². The van der Waals surface area contributed by atoms with Gasteiger partial charge in [0.05, 0.1) is 26.4 Å². The Hall–Kier alpha value is 3.40. The van der Waals surface area contributed by atoms with Crippen molar-refractivity contribution < 1.29 is 82.1 Å². The Morgan fingerprint density at radius 2 is 0.621 bits per heavy atom. The number of alkyl halides is 4. The topological polar surface area (TPSA) is 197 Å². The molecule has 0 heterocycles. The van der Waals surface area contributed by atoms with E-state index in [0.29, 0.717) is 21.3 Å². The molecule has 0 aliphatic heterocycles. The molecule has 0 spiro atoms. The minimum atomic E-state index is -2.93. The molecule has 0 saturated heterocycles. The van der Waals surface area contributed by atoms with Gasteiger partial charge in [0.1, 0.15) is 33.0 Å². The Bertz CT molecular complexity index is 342. The van der Waals surface area contributed by atoms with Crippen molar-refractivity contribution in [3.63, 3.8) is 0 Å². The van der Waals surface area contributed by atoms with E-state index in [0.717, 1.165) is 0 Å². The van der Waals surface area contributed by atoms with Gasteiger partial charge < -0.3 is 55.9 Å². The zero-order valence-electron chi connectivity index (χ0n) is 14.6. The molecule has 0 aromatic carbocycles. The molecule has 176 valence electrons. The first-order valence-electron chi connectivity index (χ1n) is 6.67. The summed E-state index contributed by atoms with van der Waals surface area (Å²) >= 11 is 12.0. The summed E-state index contributed by atoms with van der Waals surface area (Å²) < 4.78 is 54.9. The van der Waals surface area contributed by atoms with Gasteiger partial charge in [-0.2, -0.15) is 0 Å². The van der Waals surface area contributed by atoms with Gasteiger partial charge in [-0.25, -0.2) is 0 Å². The van der Waals surface area contributed by atoms with Gasteiger partial charge in [0, 0.05) is 21.3 Å². The summed E-state index contributed by atoms with van der Waals surface area (Å²) in [4.78, 5) is 38.4. The van der Waals surface area contributed by atoms with Crippen LogP contribution >= 0.6 is 96.7 Å². The third-order valence-corrected chi connectivity index (χ3v) is 4.24. The van der Waals surface area contributed by atoms with Crippen LogP contribution in [0.15, 0.2) is 0 Å². The molecule has 29 heavy (non-hydrogen) atoms. The van der Waals surface area contributed by atoms with Crippen LogP contribution in [0, 0.1) is 0 Å². The van der Waals surface area contributed by atoms with E-state index in [1.807, 2.05) is 0 Å². The number of halogens is 4. The van der Waals surface area contributed by atoms with Crippen LogP contribution < -0.4 is 19.6 Å². The van der Waals surface area contributed by atoms with Crippen molar-refractivity contribution >= 4 is 96.7 Å². The zero-order valence-corrected chi connectivity index (χ0v) is 27.4. The van der Waals surface area contributed by atoms with Crippen LogP contribution in [0.4, 0.5) is 0 Å². The SMILES string of the molecule is O=[PH]([O-])OCCBr.O=[PH]([O-])OCCBr.O=[PH]([O-])OCCBr.O=[PH]([O-])OCCBr.[Zr+4]. The van der Waals surface area contributed by atoms with Crippen molar-refractivity contribution in [2.24, 2.45) is 0 Å². The Balaban J connectivity index is -0.0000000873. The van der Waals surface area contributed by atoms with Crippen LogP contribution in [0.1, 0.15) is 0 Å². The monoisotopic (exact) mass is 838 g/mol. The van der Waals surface area contributed by atoms with Gasteiger partial charge in [-0.05, 0) is 0 Å². The maximum atomic E-state index is 9.59. The molecule has 0 saturated carbocycles. The summed E-state index contributed by atoms with van der Waals surface area (Å²) in [6, 6.07) is 0. The fourth-order valence-electron chi connectivity index (χ4n) is 0.488. The molecule has 0 fully saturated rings. The first-order valence-corrected chi connectivity index (χ1v) is 16.1. The predicted octanol–water partition coefficient (Wildman–Crippen LogP) is 0.589. The average molecular weight is 843 g/mol. The van der Waals surface area contributed by atoms with Gasteiger partial charge >= 0.3 is 26.2 Å². The molecule has 0 aromatic heterocycles. The van der Waals surface area contributed by atoms with Gasteiger partial charge in [0.2, 0.25) is 0 Å². The fourth-order valence-corrected chi connectivity index (χ4v) is 3.41. The van der Waals surface area contributed by atoms with E-state index in [1.54, 1.807) is 0 Å². The van der Waals surface area contributed by atoms with E-state index in [-0.39, 0.29) is 52.6 Å². The molecule has 4 unspecified atom stereocenters. The number of hydrogen-bond donors (Lipinski definition) is 0. The molecule has 0 bridgehead atoms. The molecule has 0 rings (SSSR count). The molecule has 0 aliphatic rings. The third-order valence-electron chi connectivity index (χ3n) is 1.19. The van der Waals surface area contributed by atoms with E-state index >= 15 is 0 Å². The molecule has 0 radical (unpaired) electrons. The normalized spacial score (nSPS) is 13.5. The van der Waals surface area contributed by atoms with Gasteiger partial charge in [-0.15, -0.1) is 0 Å². The molecular formula is C8H20Br4O12P4Zr. The van der Waals surface area contributed by atoms with Crippen molar-refractivity contribution in [2.75, 3.05) is 47.7 Å². The van der Waals surface area contributed by atoms with Crippen molar-refractivity contribution in [1.82, 2.24) is 0 Å². The van der Waals surface area contributed by atoms with Gasteiger partial charge in [-0.1, -0.05) is 63.7 Å². The summed E-state index contributed by atoms with van der Waals surface area (Å²) in [5.41, 5.74) is 0. The average Bonchev–Trinajstić information content (AvgIpc) is 2.62. The van der Waals surface area contributed by atoms with Gasteiger partial charge in [-0.3, -0.25) is 0 Å². The van der Waals surface area contributed by atoms with E-state index in [2.05, 4.69) is 81.8 Å². The Morgan fingerprint density at radius 3 is 0.655 bits per heavy atom. The zero-order chi connectivity index (χ0) is 22.8. The predicted molar refractivity (Wildman–Crippen MR) is 115 cm³/mol. The van der Waals surface area contributed by atoms with Crippen LogP contribution in [0.2, 0.25) is 0 Å². The summed E-state index contributed by atoms with van der Waals surface area (Å²) in [5, 5.41) is 2.24. The second-order valence-electron chi connectivity index (χ2n) is 3.15. The summed E-state index contributed by atoms with van der Waals surface area (Å²) in [5.74, 6) is 0. The number of hydrogen-bond acceptors (Lipinski definition) is 12. The Kier molecular flexibility index (Phi) is 56.7. The molecule has 0 amide bonds. The smallest absolute Gasteiger partial charge is 0.781 e. The second-order valence-corrected chi connectivity index (χ2v) is 9.48. The van der Waals surface area contributed by atoms with Crippen molar-refractivity contribution in [1.29, 1.82) is 0 Å². The molecule has 21 heteroatoms. The van der Waals surface area contributed by atoms with Crippen LogP contribution in [0.5, 0.6) is 0 Å². The first kappa shape index (κ1) is 42.6. The Labute approximate surface area is 224 Å². The molecule has 0 aromatic rings.